The van der Waals surface area contributed by atoms with Crippen LogP contribution in [0.15, 0.2) is 16.5 Å². The van der Waals surface area contributed by atoms with Crippen molar-refractivity contribution in [3.05, 3.63) is 23.7 Å². The van der Waals surface area contributed by atoms with E-state index in [0.717, 1.165) is 6.42 Å². The van der Waals surface area contributed by atoms with Gasteiger partial charge in [-0.15, -0.1) is 0 Å². The Bertz CT molecular complexity index is 408. The van der Waals surface area contributed by atoms with E-state index in [4.69, 9.17) is 9.52 Å². The molecule has 0 aliphatic carbocycles. The first-order valence-electron chi connectivity index (χ1n) is 5.59. The number of hydrogen-bond donors (Lipinski definition) is 2. The molecule has 1 aromatic heterocycles. The number of amides is 1. The number of rotatable bonds is 5. The van der Waals surface area contributed by atoms with Crippen LogP contribution in [0.1, 0.15) is 48.3 Å². The van der Waals surface area contributed by atoms with Gasteiger partial charge in [0.05, 0.1) is 0 Å². The highest BCUT2D eigenvalue weighted by atomic mass is 16.4. The van der Waals surface area contributed by atoms with Crippen molar-refractivity contribution in [2.24, 2.45) is 5.92 Å². The van der Waals surface area contributed by atoms with Crippen molar-refractivity contribution < 1.29 is 19.1 Å². The number of aromatic carboxylic acids is 1. The molecule has 0 aliphatic heterocycles. The molecular formula is C12H17NO4. The van der Waals surface area contributed by atoms with E-state index < -0.39 is 5.97 Å². The van der Waals surface area contributed by atoms with Crippen LogP contribution >= 0.6 is 0 Å². The van der Waals surface area contributed by atoms with Gasteiger partial charge in [0, 0.05) is 6.04 Å². The van der Waals surface area contributed by atoms with Crippen LogP contribution in [0.3, 0.4) is 0 Å². The summed E-state index contributed by atoms with van der Waals surface area (Å²) >= 11 is 0. The lowest BCUT2D eigenvalue weighted by Gasteiger charge is -2.19. The van der Waals surface area contributed by atoms with Gasteiger partial charge in [-0.3, -0.25) is 4.79 Å². The molecule has 1 heterocycles. The predicted molar refractivity (Wildman–Crippen MR) is 62.1 cm³/mol. The van der Waals surface area contributed by atoms with Crippen molar-refractivity contribution in [2.45, 2.75) is 33.2 Å². The molecule has 0 bridgehead atoms. The van der Waals surface area contributed by atoms with Crippen LogP contribution in [0, 0.1) is 5.92 Å². The summed E-state index contributed by atoms with van der Waals surface area (Å²) in [5, 5.41) is 11.5. The number of carboxylic acids is 1. The van der Waals surface area contributed by atoms with Crippen LogP contribution in [0.25, 0.3) is 0 Å². The number of carboxylic acid groups (broad SMARTS) is 1. The second-order valence-corrected chi connectivity index (χ2v) is 4.20. The first-order chi connectivity index (χ1) is 7.95. The van der Waals surface area contributed by atoms with Crippen LogP contribution in [-0.4, -0.2) is 23.0 Å². The Hall–Kier alpha value is -1.78. The summed E-state index contributed by atoms with van der Waals surface area (Å²) in [7, 11) is 0. The lowest BCUT2D eigenvalue weighted by atomic mass is 10.0. The minimum Gasteiger partial charge on any atom is -0.475 e. The zero-order chi connectivity index (χ0) is 13.0. The maximum Gasteiger partial charge on any atom is 0.371 e. The Morgan fingerprint density at radius 1 is 1.35 bits per heavy atom. The van der Waals surface area contributed by atoms with E-state index in [1.54, 1.807) is 0 Å². The third-order valence-electron chi connectivity index (χ3n) is 2.60. The molecule has 1 atom stereocenters. The molecule has 0 aromatic carbocycles. The number of hydrogen-bond acceptors (Lipinski definition) is 3. The molecule has 2 N–H and O–H groups in total. The maximum absolute atomic E-state index is 11.8. The molecular weight excluding hydrogens is 222 g/mol. The Balaban J connectivity index is 2.72. The SMILES string of the molecule is CCC(NC(=O)c1ccc(C(=O)O)o1)C(C)C. The molecule has 0 saturated carbocycles. The van der Waals surface area contributed by atoms with E-state index >= 15 is 0 Å². The Morgan fingerprint density at radius 2 is 1.94 bits per heavy atom. The standard InChI is InChI=1S/C12H17NO4/c1-4-8(7(2)3)13-11(14)9-5-6-10(17-9)12(15)16/h5-8H,4H2,1-3H3,(H,13,14)(H,15,16). The zero-order valence-corrected chi connectivity index (χ0v) is 10.2. The molecule has 17 heavy (non-hydrogen) atoms. The molecule has 1 rings (SSSR count). The van der Waals surface area contributed by atoms with E-state index in [1.807, 2.05) is 20.8 Å². The van der Waals surface area contributed by atoms with Gasteiger partial charge in [-0.1, -0.05) is 20.8 Å². The molecule has 1 aromatic rings. The van der Waals surface area contributed by atoms with Crippen molar-refractivity contribution in [3.8, 4) is 0 Å². The third kappa shape index (κ3) is 3.34. The molecule has 0 aliphatic rings. The predicted octanol–water partition coefficient (Wildman–Crippen LogP) is 2.14. The highest BCUT2D eigenvalue weighted by Gasteiger charge is 2.19. The smallest absolute Gasteiger partial charge is 0.371 e. The monoisotopic (exact) mass is 239 g/mol. The van der Waals surface area contributed by atoms with Gasteiger partial charge >= 0.3 is 5.97 Å². The average molecular weight is 239 g/mol. The average Bonchev–Trinajstić information content (AvgIpc) is 2.74. The first kappa shape index (κ1) is 13.3. The van der Waals surface area contributed by atoms with E-state index in [1.165, 1.54) is 12.1 Å². The lowest BCUT2D eigenvalue weighted by molar-refractivity contribution is 0.0659. The van der Waals surface area contributed by atoms with Gasteiger partial charge in [0.2, 0.25) is 5.76 Å². The van der Waals surface area contributed by atoms with Crippen LogP contribution < -0.4 is 5.32 Å². The van der Waals surface area contributed by atoms with Crippen LogP contribution in [0.5, 0.6) is 0 Å². The molecule has 0 spiro atoms. The highest BCUT2D eigenvalue weighted by Crippen LogP contribution is 2.10. The molecule has 0 fully saturated rings. The molecule has 0 radical (unpaired) electrons. The topological polar surface area (TPSA) is 79.5 Å². The molecule has 5 heteroatoms. The van der Waals surface area contributed by atoms with E-state index in [2.05, 4.69) is 5.32 Å². The summed E-state index contributed by atoms with van der Waals surface area (Å²) in [6, 6.07) is 2.69. The summed E-state index contributed by atoms with van der Waals surface area (Å²) in [5.41, 5.74) is 0. The van der Waals surface area contributed by atoms with Gasteiger partial charge in [-0.2, -0.15) is 0 Å². The van der Waals surface area contributed by atoms with Crippen LogP contribution in [-0.2, 0) is 0 Å². The normalized spacial score (nSPS) is 12.5. The number of carbonyl (C=O) groups is 2. The summed E-state index contributed by atoms with van der Waals surface area (Å²) in [5.74, 6) is -1.44. The second kappa shape index (κ2) is 5.52. The Labute approximate surface area is 99.8 Å². The Kier molecular flexibility index (Phi) is 4.31. The number of carbonyl (C=O) groups excluding carboxylic acids is 1. The van der Waals surface area contributed by atoms with Crippen molar-refractivity contribution in [2.75, 3.05) is 0 Å². The molecule has 1 amide bonds. The van der Waals surface area contributed by atoms with Gasteiger partial charge in [-0.05, 0) is 24.5 Å². The van der Waals surface area contributed by atoms with Crippen LogP contribution in [0.4, 0.5) is 0 Å². The van der Waals surface area contributed by atoms with Gasteiger partial charge in [-0.25, -0.2) is 4.79 Å². The number of furan rings is 1. The minimum absolute atomic E-state index is 0.0292. The molecule has 94 valence electrons. The third-order valence-corrected chi connectivity index (χ3v) is 2.60. The van der Waals surface area contributed by atoms with Gasteiger partial charge in [0.1, 0.15) is 0 Å². The van der Waals surface area contributed by atoms with Crippen molar-refractivity contribution >= 4 is 11.9 Å². The fourth-order valence-corrected chi connectivity index (χ4v) is 1.55. The fourth-order valence-electron chi connectivity index (χ4n) is 1.55. The highest BCUT2D eigenvalue weighted by molar-refractivity contribution is 5.93. The maximum atomic E-state index is 11.8. The molecule has 1 unspecified atom stereocenters. The first-order valence-corrected chi connectivity index (χ1v) is 5.59. The van der Waals surface area contributed by atoms with Crippen molar-refractivity contribution in [1.29, 1.82) is 0 Å². The van der Waals surface area contributed by atoms with Crippen LogP contribution in [0.2, 0.25) is 0 Å². The van der Waals surface area contributed by atoms with Gasteiger partial charge < -0.3 is 14.8 Å². The summed E-state index contributed by atoms with van der Waals surface area (Å²) in [6.07, 6.45) is 0.815. The Morgan fingerprint density at radius 3 is 2.35 bits per heavy atom. The van der Waals surface area contributed by atoms with Gasteiger partial charge in [0.25, 0.3) is 5.91 Å². The quantitative estimate of drug-likeness (QED) is 0.825. The summed E-state index contributed by atoms with van der Waals surface area (Å²) < 4.78 is 4.92. The second-order valence-electron chi connectivity index (χ2n) is 4.20. The summed E-state index contributed by atoms with van der Waals surface area (Å²) in [6.45, 7) is 6.01. The van der Waals surface area contributed by atoms with Gasteiger partial charge in [0.15, 0.2) is 5.76 Å². The minimum atomic E-state index is -1.18. The van der Waals surface area contributed by atoms with E-state index in [9.17, 15) is 9.59 Å². The van der Waals surface area contributed by atoms with Crippen molar-refractivity contribution in [3.63, 3.8) is 0 Å². The number of nitrogens with one attached hydrogen (secondary N) is 1. The fraction of sp³-hybridized carbons (Fsp3) is 0.500. The molecule has 5 nitrogen and oxygen atoms in total. The lowest BCUT2D eigenvalue weighted by Crippen LogP contribution is -2.37. The van der Waals surface area contributed by atoms with Crippen molar-refractivity contribution in [1.82, 2.24) is 5.32 Å². The summed E-state index contributed by atoms with van der Waals surface area (Å²) in [4.78, 5) is 22.4. The molecule has 0 saturated heterocycles. The largest absolute Gasteiger partial charge is 0.475 e. The zero-order valence-electron chi connectivity index (χ0n) is 10.2. The van der Waals surface area contributed by atoms with E-state index in [-0.39, 0.29) is 23.5 Å². The van der Waals surface area contributed by atoms with E-state index in [0.29, 0.717) is 5.92 Å².